The van der Waals surface area contributed by atoms with E-state index in [0.29, 0.717) is 5.56 Å². The van der Waals surface area contributed by atoms with Crippen LogP contribution in [-0.2, 0) is 0 Å². The van der Waals surface area contributed by atoms with Gasteiger partial charge in [-0.1, -0.05) is 11.6 Å². The second kappa shape index (κ2) is 4.28. The molecule has 3 N–H and O–H groups in total. The Morgan fingerprint density at radius 3 is 2.50 bits per heavy atom. The summed E-state index contributed by atoms with van der Waals surface area (Å²) in [6.07, 6.45) is 0. The zero-order valence-electron chi connectivity index (χ0n) is 5.97. The molecule has 0 aliphatic heterocycles. The molecule has 1 aromatic carbocycles. The summed E-state index contributed by atoms with van der Waals surface area (Å²) < 4.78 is 12.5. The molecule has 0 aromatic heterocycles. The van der Waals surface area contributed by atoms with Crippen molar-refractivity contribution in [2.75, 3.05) is 0 Å². The van der Waals surface area contributed by atoms with Crippen LogP contribution < -0.4 is 5.73 Å². The van der Waals surface area contributed by atoms with Gasteiger partial charge in [-0.2, -0.15) is 0 Å². The van der Waals surface area contributed by atoms with Crippen molar-refractivity contribution in [2.45, 2.75) is 0 Å². The minimum Gasteiger partial charge on any atom is -0.384 e. The first-order valence-electron chi connectivity index (χ1n) is 2.90. The first-order chi connectivity index (χ1) is 5.11. The molecule has 2 nitrogen and oxygen atoms in total. The van der Waals surface area contributed by atoms with Gasteiger partial charge >= 0.3 is 0 Å². The maximum absolute atomic E-state index is 12.5. The number of nitrogens with two attached hydrogens (primary N) is 1. The van der Waals surface area contributed by atoms with E-state index in [9.17, 15) is 4.39 Å². The third kappa shape index (κ3) is 2.36. The van der Waals surface area contributed by atoms with Crippen LogP contribution in [0.25, 0.3) is 0 Å². The van der Waals surface area contributed by atoms with Gasteiger partial charge in [-0.3, -0.25) is 5.41 Å². The lowest BCUT2D eigenvalue weighted by atomic mass is 10.2. The average Bonchev–Trinajstić information content (AvgIpc) is 1.94. The van der Waals surface area contributed by atoms with Crippen molar-refractivity contribution in [3.8, 4) is 0 Å². The molecule has 0 atom stereocenters. The normalized spacial score (nSPS) is 8.83. The molecule has 0 bridgehead atoms. The van der Waals surface area contributed by atoms with Crippen molar-refractivity contribution in [3.63, 3.8) is 0 Å². The van der Waals surface area contributed by atoms with Crippen LogP contribution in [0.4, 0.5) is 4.39 Å². The van der Waals surface area contributed by atoms with E-state index in [2.05, 4.69) is 0 Å². The van der Waals surface area contributed by atoms with Crippen LogP contribution in [0, 0.1) is 11.2 Å². The first-order valence-corrected chi connectivity index (χ1v) is 3.28. The monoisotopic (exact) mass is 208 g/mol. The van der Waals surface area contributed by atoms with E-state index < -0.39 is 5.82 Å². The Labute approximate surface area is 80.4 Å². The second-order valence-corrected chi connectivity index (χ2v) is 2.45. The predicted molar refractivity (Wildman–Crippen MR) is 49.7 cm³/mol. The van der Waals surface area contributed by atoms with Crippen LogP contribution in [0.2, 0.25) is 5.02 Å². The maximum atomic E-state index is 12.5. The molecule has 0 spiro atoms. The van der Waals surface area contributed by atoms with Gasteiger partial charge in [0.2, 0.25) is 0 Å². The van der Waals surface area contributed by atoms with Crippen molar-refractivity contribution < 1.29 is 4.39 Å². The van der Waals surface area contributed by atoms with Gasteiger partial charge in [-0.25, -0.2) is 4.39 Å². The summed E-state index contributed by atoms with van der Waals surface area (Å²) in [5.41, 5.74) is 5.56. The highest BCUT2D eigenvalue weighted by molar-refractivity contribution is 6.31. The number of halogens is 3. The van der Waals surface area contributed by atoms with E-state index in [-0.39, 0.29) is 23.3 Å². The van der Waals surface area contributed by atoms with E-state index in [0.717, 1.165) is 0 Å². The minimum absolute atomic E-state index is 0. The van der Waals surface area contributed by atoms with Crippen LogP contribution in [-0.4, -0.2) is 5.84 Å². The third-order valence-electron chi connectivity index (χ3n) is 1.23. The quantitative estimate of drug-likeness (QED) is 0.540. The minimum atomic E-state index is -0.503. The fourth-order valence-corrected chi connectivity index (χ4v) is 0.844. The second-order valence-electron chi connectivity index (χ2n) is 2.04. The summed E-state index contributed by atoms with van der Waals surface area (Å²) in [5, 5.41) is 6.98. The number of benzene rings is 1. The SMILES string of the molecule is Cl.N=C(N)c1ccc(F)c(Cl)c1. The van der Waals surface area contributed by atoms with Gasteiger partial charge in [0.15, 0.2) is 0 Å². The lowest BCUT2D eigenvalue weighted by Gasteiger charge is -1.98. The molecule has 1 rings (SSSR count). The molecule has 0 aliphatic carbocycles. The fourth-order valence-electron chi connectivity index (χ4n) is 0.664. The molecule has 0 aliphatic rings. The van der Waals surface area contributed by atoms with E-state index in [1.807, 2.05) is 0 Å². The predicted octanol–water partition coefficient (Wildman–Crippen LogP) is 2.18. The maximum Gasteiger partial charge on any atom is 0.141 e. The number of rotatable bonds is 1. The van der Waals surface area contributed by atoms with Crippen molar-refractivity contribution in [2.24, 2.45) is 5.73 Å². The summed E-state index contributed by atoms with van der Waals surface area (Å²) in [5.74, 6) is -0.622. The smallest absolute Gasteiger partial charge is 0.141 e. The van der Waals surface area contributed by atoms with Gasteiger partial charge in [0, 0.05) is 5.56 Å². The Hall–Kier alpha value is -0.800. The highest BCUT2D eigenvalue weighted by Crippen LogP contribution is 2.15. The number of amidine groups is 1. The average molecular weight is 209 g/mol. The van der Waals surface area contributed by atoms with E-state index >= 15 is 0 Å². The molecule has 0 saturated carbocycles. The summed E-state index contributed by atoms with van der Waals surface area (Å²) in [6, 6.07) is 3.90. The molecule has 0 unspecified atom stereocenters. The lowest BCUT2D eigenvalue weighted by Crippen LogP contribution is -2.10. The van der Waals surface area contributed by atoms with Crippen molar-refractivity contribution in [3.05, 3.63) is 34.6 Å². The zero-order valence-corrected chi connectivity index (χ0v) is 7.55. The molecule has 0 radical (unpaired) electrons. The molecule has 0 heterocycles. The fraction of sp³-hybridized carbons (Fsp3) is 0. The Kier molecular flexibility index (Phi) is 4.00. The highest BCUT2D eigenvalue weighted by atomic mass is 35.5. The Morgan fingerprint density at radius 1 is 1.50 bits per heavy atom. The van der Waals surface area contributed by atoms with Crippen LogP contribution in [0.1, 0.15) is 5.56 Å². The topological polar surface area (TPSA) is 49.9 Å². The van der Waals surface area contributed by atoms with Crippen LogP contribution >= 0.6 is 24.0 Å². The Morgan fingerprint density at radius 2 is 2.08 bits per heavy atom. The summed E-state index contributed by atoms with van der Waals surface area (Å²) in [7, 11) is 0. The van der Waals surface area contributed by atoms with Gasteiger partial charge in [0.25, 0.3) is 0 Å². The molecule has 0 amide bonds. The van der Waals surface area contributed by atoms with E-state index in [1.54, 1.807) is 0 Å². The number of nitrogens with one attached hydrogen (secondary N) is 1. The number of hydrogen-bond acceptors (Lipinski definition) is 1. The molecular formula is C7H7Cl2FN2. The molecule has 12 heavy (non-hydrogen) atoms. The Bertz CT molecular complexity index is 301. The summed E-state index contributed by atoms with van der Waals surface area (Å²) in [4.78, 5) is 0. The summed E-state index contributed by atoms with van der Waals surface area (Å²) >= 11 is 5.43. The van der Waals surface area contributed by atoms with Crippen LogP contribution in [0.15, 0.2) is 18.2 Å². The van der Waals surface area contributed by atoms with Gasteiger partial charge in [-0.05, 0) is 18.2 Å². The highest BCUT2D eigenvalue weighted by Gasteiger charge is 2.01. The standard InChI is InChI=1S/C7H6ClFN2.ClH/c8-5-3-4(7(10)11)1-2-6(5)9;/h1-3H,(H3,10,11);1H. The van der Waals surface area contributed by atoms with Gasteiger partial charge in [0.1, 0.15) is 11.7 Å². The number of nitrogen functional groups attached to an aromatic ring is 1. The number of hydrogen-bond donors (Lipinski definition) is 2. The summed E-state index contributed by atoms with van der Waals surface area (Å²) in [6.45, 7) is 0. The van der Waals surface area contributed by atoms with Crippen LogP contribution in [0.3, 0.4) is 0 Å². The Balaban J connectivity index is 0.00000121. The molecule has 1 aromatic rings. The van der Waals surface area contributed by atoms with Crippen LogP contribution in [0.5, 0.6) is 0 Å². The first kappa shape index (κ1) is 11.2. The zero-order chi connectivity index (χ0) is 8.43. The van der Waals surface area contributed by atoms with Gasteiger partial charge in [0.05, 0.1) is 5.02 Å². The third-order valence-corrected chi connectivity index (χ3v) is 1.52. The van der Waals surface area contributed by atoms with E-state index in [4.69, 9.17) is 22.7 Å². The lowest BCUT2D eigenvalue weighted by molar-refractivity contribution is 0.628. The molecule has 66 valence electrons. The van der Waals surface area contributed by atoms with Crippen molar-refractivity contribution in [1.82, 2.24) is 0 Å². The van der Waals surface area contributed by atoms with Gasteiger partial charge in [-0.15, -0.1) is 12.4 Å². The van der Waals surface area contributed by atoms with Gasteiger partial charge < -0.3 is 5.73 Å². The van der Waals surface area contributed by atoms with E-state index in [1.165, 1.54) is 18.2 Å². The molecule has 5 heteroatoms. The van der Waals surface area contributed by atoms with Crippen molar-refractivity contribution in [1.29, 1.82) is 5.41 Å². The van der Waals surface area contributed by atoms with Crippen molar-refractivity contribution >= 4 is 29.8 Å². The largest absolute Gasteiger partial charge is 0.384 e. The molecular weight excluding hydrogens is 202 g/mol. The molecule has 0 fully saturated rings. The molecule has 0 saturated heterocycles.